The first-order chi connectivity index (χ1) is 7.18. The quantitative estimate of drug-likeness (QED) is 0.827. The maximum absolute atomic E-state index is 10.8. The van der Waals surface area contributed by atoms with Crippen LogP contribution in [0.3, 0.4) is 0 Å². The highest BCUT2D eigenvalue weighted by atomic mass is 32.2. The van der Waals surface area contributed by atoms with Crippen molar-refractivity contribution >= 4 is 17.7 Å². The number of phenols is 1. The Morgan fingerprint density at radius 2 is 2.07 bits per heavy atom. The molecule has 4 heteroatoms. The van der Waals surface area contributed by atoms with E-state index in [0.29, 0.717) is 0 Å². The number of carboxylic acids is 1. The van der Waals surface area contributed by atoms with Gasteiger partial charge in [0.25, 0.3) is 0 Å². The number of carboxylic acid groups (broad SMARTS) is 1. The summed E-state index contributed by atoms with van der Waals surface area (Å²) in [6.07, 6.45) is 1.66. The van der Waals surface area contributed by atoms with Gasteiger partial charge in [0.15, 0.2) is 0 Å². The van der Waals surface area contributed by atoms with Gasteiger partial charge in [-0.3, -0.25) is 4.79 Å². The number of aliphatic carboxylic acids is 1. The van der Waals surface area contributed by atoms with Crippen LogP contribution in [0.4, 0.5) is 0 Å². The Hall–Kier alpha value is -1.16. The van der Waals surface area contributed by atoms with Gasteiger partial charge in [-0.1, -0.05) is 12.1 Å². The first-order valence-corrected chi connectivity index (χ1v) is 5.74. The average Bonchev–Trinajstić information content (AvgIpc) is 2.13. The van der Waals surface area contributed by atoms with Crippen molar-refractivity contribution in [3.63, 3.8) is 0 Å². The fraction of sp³-hybridized carbons (Fsp3) is 0.364. The highest BCUT2D eigenvalue weighted by Gasteiger charge is 2.37. The lowest BCUT2D eigenvalue weighted by molar-refractivity contribution is -0.144. The summed E-state index contributed by atoms with van der Waals surface area (Å²) in [6, 6.07) is 7.04. The zero-order valence-corrected chi connectivity index (χ0v) is 8.91. The predicted octanol–water partition coefficient (Wildman–Crippen LogP) is 2.35. The molecule has 0 saturated heterocycles. The molecular formula is C11H12O3S. The third-order valence-corrected chi connectivity index (χ3v) is 4.14. The molecule has 1 aromatic carbocycles. The summed E-state index contributed by atoms with van der Waals surface area (Å²) in [5, 5.41) is 18.5. The Morgan fingerprint density at radius 1 is 1.33 bits per heavy atom. The number of para-hydroxylation sites is 1. The minimum absolute atomic E-state index is 0.107. The lowest BCUT2D eigenvalue weighted by Crippen LogP contribution is -2.35. The molecule has 1 saturated carbocycles. The Morgan fingerprint density at radius 3 is 2.60 bits per heavy atom. The van der Waals surface area contributed by atoms with Gasteiger partial charge in [0.05, 0.1) is 5.92 Å². The van der Waals surface area contributed by atoms with Crippen molar-refractivity contribution in [1.29, 1.82) is 0 Å². The molecule has 0 aliphatic heterocycles. The lowest BCUT2D eigenvalue weighted by Gasteiger charge is -2.32. The highest BCUT2D eigenvalue weighted by molar-refractivity contribution is 8.00. The summed E-state index contributed by atoms with van der Waals surface area (Å²) in [4.78, 5) is 11.6. The van der Waals surface area contributed by atoms with E-state index in [4.69, 9.17) is 5.11 Å². The van der Waals surface area contributed by atoms with Crippen molar-refractivity contribution < 1.29 is 15.0 Å². The highest BCUT2D eigenvalue weighted by Crippen LogP contribution is 2.43. The van der Waals surface area contributed by atoms with Crippen molar-refractivity contribution in [2.75, 3.05) is 0 Å². The molecule has 1 aliphatic rings. The van der Waals surface area contributed by atoms with Crippen molar-refractivity contribution in [1.82, 2.24) is 0 Å². The van der Waals surface area contributed by atoms with Crippen molar-refractivity contribution in [3.8, 4) is 5.75 Å². The molecule has 0 bridgehead atoms. The number of hydrogen-bond acceptors (Lipinski definition) is 3. The Balaban J connectivity index is 2.04. The van der Waals surface area contributed by atoms with Gasteiger partial charge in [-0.15, -0.1) is 11.8 Å². The Labute approximate surface area is 92.1 Å². The summed E-state index contributed by atoms with van der Waals surface area (Å²) < 4.78 is 0. The zero-order chi connectivity index (χ0) is 10.8. The van der Waals surface area contributed by atoms with Crippen LogP contribution in [0, 0.1) is 5.92 Å². The van der Waals surface area contributed by atoms with Crippen LogP contribution in [0.2, 0.25) is 0 Å². The van der Waals surface area contributed by atoms with Gasteiger partial charge in [0.2, 0.25) is 0 Å². The van der Waals surface area contributed by atoms with E-state index in [0.717, 1.165) is 17.7 Å². The second-order valence-corrected chi connectivity index (χ2v) is 4.93. The van der Waals surface area contributed by atoms with Crippen molar-refractivity contribution in [2.45, 2.75) is 23.0 Å². The average molecular weight is 224 g/mol. The topological polar surface area (TPSA) is 57.5 Å². The predicted molar refractivity (Wildman–Crippen MR) is 58.1 cm³/mol. The molecule has 1 aromatic rings. The molecule has 2 rings (SSSR count). The second kappa shape index (κ2) is 4.14. The van der Waals surface area contributed by atoms with Crippen LogP contribution < -0.4 is 0 Å². The van der Waals surface area contributed by atoms with Gasteiger partial charge in [0, 0.05) is 10.1 Å². The summed E-state index contributed by atoms with van der Waals surface area (Å²) in [7, 11) is 0. The van der Waals surface area contributed by atoms with Gasteiger partial charge < -0.3 is 10.2 Å². The normalized spacial score (nSPS) is 24.5. The summed E-state index contributed by atoms with van der Waals surface area (Å²) in [5.41, 5.74) is 0. The molecule has 3 nitrogen and oxygen atoms in total. The van der Waals surface area contributed by atoms with Crippen LogP contribution in [0.25, 0.3) is 0 Å². The first kappa shape index (κ1) is 10.4. The van der Waals surface area contributed by atoms with Gasteiger partial charge in [-0.05, 0) is 25.0 Å². The van der Waals surface area contributed by atoms with Crippen molar-refractivity contribution in [2.24, 2.45) is 5.92 Å². The number of rotatable bonds is 3. The molecule has 1 fully saturated rings. The molecule has 80 valence electrons. The summed E-state index contributed by atoms with van der Waals surface area (Å²) in [6.45, 7) is 0. The smallest absolute Gasteiger partial charge is 0.307 e. The first-order valence-electron chi connectivity index (χ1n) is 4.86. The molecule has 1 aliphatic carbocycles. The molecule has 0 radical (unpaired) electrons. The number of phenolic OH excluding ortho intramolecular Hbond substituents is 1. The molecule has 2 N–H and O–H groups in total. The van der Waals surface area contributed by atoms with E-state index in [-0.39, 0.29) is 16.9 Å². The van der Waals surface area contributed by atoms with Crippen LogP contribution in [0.1, 0.15) is 12.8 Å². The van der Waals surface area contributed by atoms with E-state index in [1.807, 2.05) is 12.1 Å². The molecule has 2 atom stereocenters. The SMILES string of the molecule is O=C(O)C1CCC1Sc1ccccc1O. The number of hydrogen-bond donors (Lipinski definition) is 2. The van der Waals surface area contributed by atoms with Gasteiger partial charge >= 0.3 is 5.97 Å². The maximum atomic E-state index is 10.8. The summed E-state index contributed by atoms with van der Waals surface area (Å²) in [5.74, 6) is -0.748. The minimum Gasteiger partial charge on any atom is -0.507 e. The molecule has 2 unspecified atom stereocenters. The number of carbonyl (C=O) groups is 1. The number of aromatic hydroxyl groups is 1. The van der Waals surface area contributed by atoms with Crippen LogP contribution in [0.5, 0.6) is 5.75 Å². The van der Waals surface area contributed by atoms with Gasteiger partial charge in [0.1, 0.15) is 5.75 Å². The van der Waals surface area contributed by atoms with E-state index in [9.17, 15) is 9.90 Å². The lowest BCUT2D eigenvalue weighted by atomic mass is 9.85. The van der Waals surface area contributed by atoms with Crippen LogP contribution in [-0.4, -0.2) is 21.4 Å². The largest absolute Gasteiger partial charge is 0.507 e. The van der Waals surface area contributed by atoms with Crippen LogP contribution >= 0.6 is 11.8 Å². The number of thioether (sulfide) groups is 1. The van der Waals surface area contributed by atoms with Crippen LogP contribution in [0.15, 0.2) is 29.2 Å². The molecule has 0 aromatic heterocycles. The zero-order valence-electron chi connectivity index (χ0n) is 8.09. The molecule has 0 heterocycles. The Bertz CT molecular complexity index is 378. The van der Waals surface area contributed by atoms with Gasteiger partial charge in [-0.2, -0.15) is 0 Å². The second-order valence-electron chi connectivity index (χ2n) is 3.65. The minimum atomic E-state index is -0.728. The maximum Gasteiger partial charge on any atom is 0.307 e. The van der Waals surface area contributed by atoms with E-state index < -0.39 is 5.97 Å². The third-order valence-electron chi connectivity index (χ3n) is 2.67. The third kappa shape index (κ3) is 2.09. The standard InChI is InChI=1S/C11H12O3S/c12-8-3-1-2-4-10(8)15-9-6-5-7(9)11(13)14/h1-4,7,9,12H,5-6H2,(H,13,14). The summed E-state index contributed by atoms with van der Waals surface area (Å²) >= 11 is 1.46. The molecule has 0 amide bonds. The monoisotopic (exact) mass is 224 g/mol. The fourth-order valence-corrected chi connectivity index (χ4v) is 2.96. The van der Waals surface area contributed by atoms with E-state index in [2.05, 4.69) is 0 Å². The van der Waals surface area contributed by atoms with Crippen LogP contribution in [-0.2, 0) is 4.79 Å². The number of benzene rings is 1. The molecule has 0 spiro atoms. The van der Waals surface area contributed by atoms with E-state index >= 15 is 0 Å². The van der Waals surface area contributed by atoms with Gasteiger partial charge in [-0.25, -0.2) is 0 Å². The van der Waals surface area contributed by atoms with E-state index in [1.165, 1.54) is 11.8 Å². The Kier molecular flexibility index (Phi) is 2.86. The molecular weight excluding hydrogens is 212 g/mol. The fourth-order valence-electron chi connectivity index (χ4n) is 1.61. The molecule has 15 heavy (non-hydrogen) atoms. The van der Waals surface area contributed by atoms with Crippen molar-refractivity contribution in [3.05, 3.63) is 24.3 Å². The van der Waals surface area contributed by atoms with E-state index in [1.54, 1.807) is 12.1 Å².